The summed E-state index contributed by atoms with van der Waals surface area (Å²) in [6, 6.07) is 15.7. The maximum atomic E-state index is 12.0. The van der Waals surface area contributed by atoms with Gasteiger partial charge in [0.05, 0.1) is 25.2 Å². The molecule has 9 aliphatic heterocycles. The molecule has 260 valence electrons. The number of fused-ring (bicyclic) bond motifs is 5. The number of aliphatic carboxylic acids is 1. The molecular formula is C37H34O13. The van der Waals surface area contributed by atoms with E-state index in [1.165, 1.54) is 0 Å². The molecule has 13 nitrogen and oxygen atoms in total. The highest BCUT2D eigenvalue weighted by atomic mass is 16.7. The minimum absolute atomic E-state index is 0.178. The second-order valence-electron chi connectivity index (χ2n) is 13.0. The van der Waals surface area contributed by atoms with E-state index in [2.05, 4.69) is 36.1 Å². The van der Waals surface area contributed by atoms with E-state index in [9.17, 15) is 24.9 Å². The molecular weight excluding hydrogens is 652 g/mol. The molecule has 13 heteroatoms. The van der Waals surface area contributed by atoms with Crippen molar-refractivity contribution >= 4 is 11.9 Å². The predicted molar refractivity (Wildman–Crippen MR) is 170 cm³/mol. The summed E-state index contributed by atoms with van der Waals surface area (Å²) in [5, 5.41) is 42.4. The summed E-state index contributed by atoms with van der Waals surface area (Å²) in [5.41, 5.74) is 2.05. The normalized spacial score (nSPS) is 29.7. The van der Waals surface area contributed by atoms with Crippen molar-refractivity contribution in [1.29, 1.82) is 0 Å². The van der Waals surface area contributed by atoms with Crippen molar-refractivity contribution in [2.45, 2.75) is 74.0 Å². The van der Waals surface area contributed by atoms with Gasteiger partial charge in [0.2, 0.25) is 12.0 Å². The van der Waals surface area contributed by atoms with E-state index in [1.54, 1.807) is 19.2 Å². The number of ether oxygens (including phenoxy) is 7. The van der Waals surface area contributed by atoms with Gasteiger partial charge in [0.25, 0.3) is 0 Å². The number of hydrogen-bond donors (Lipinski definition) is 4. The van der Waals surface area contributed by atoms with Crippen molar-refractivity contribution < 1.29 is 63.2 Å². The van der Waals surface area contributed by atoms with Crippen LogP contribution in [0.25, 0.3) is 0 Å². The first-order valence-electron chi connectivity index (χ1n) is 16.3. The maximum absolute atomic E-state index is 12.0. The van der Waals surface area contributed by atoms with Crippen LogP contribution in [0.4, 0.5) is 0 Å². The Morgan fingerprint density at radius 2 is 1.78 bits per heavy atom. The highest BCUT2D eigenvalue weighted by Gasteiger charge is 2.56. The smallest absolute Gasteiger partial charge is 0.317 e. The second-order valence-corrected chi connectivity index (χ2v) is 13.0. The van der Waals surface area contributed by atoms with Gasteiger partial charge in [-0.1, -0.05) is 42.2 Å². The van der Waals surface area contributed by atoms with Crippen LogP contribution in [0, 0.1) is 11.8 Å². The molecule has 0 amide bonds. The number of rotatable bonds is 5. The van der Waals surface area contributed by atoms with Crippen molar-refractivity contribution in [1.82, 2.24) is 0 Å². The average molecular weight is 687 g/mol. The van der Waals surface area contributed by atoms with Gasteiger partial charge in [-0.2, -0.15) is 0 Å². The van der Waals surface area contributed by atoms with E-state index in [0.717, 1.165) is 23.1 Å². The Morgan fingerprint density at radius 1 is 0.980 bits per heavy atom. The Bertz CT molecular complexity index is 1910. The number of carbonyl (C=O) groups is 2. The Kier molecular flexibility index (Phi) is 7.99. The zero-order valence-electron chi connectivity index (χ0n) is 26.9. The molecule has 0 unspecified atom stereocenters. The summed E-state index contributed by atoms with van der Waals surface area (Å²) >= 11 is 0. The van der Waals surface area contributed by atoms with Gasteiger partial charge in [0, 0.05) is 36.5 Å². The minimum atomic E-state index is -2.19. The molecule has 3 aromatic rings. The number of carboxylic acid groups (broad SMARTS) is 1. The summed E-state index contributed by atoms with van der Waals surface area (Å²) in [7, 11) is 1.58. The number of aliphatic hydroxyl groups excluding tert-OH is 2. The van der Waals surface area contributed by atoms with E-state index in [0.29, 0.717) is 47.2 Å². The lowest BCUT2D eigenvalue weighted by atomic mass is 9.80. The Hall–Kier alpha value is -5.00. The van der Waals surface area contributed by atoms with E-state index < -0.39 is 61.3 Å². The van der Waals surface area contributed by atoms with Gasteiger partial charge < -0.3 is 53.6 Å². The van der Waals surface area contributed by atoms with Crippen LogP contribution < -0.4 is 23.7 Å². The minimum Gasteiger partial charge on any atom is -0.490 e. The lowest BCUT2D eigenvalue weighted by Crippen LogP contribution is -2.68. The summed E-state index contributed by atoms with van der Waals surface area (Å²) < 4.78 is 42.5. The van der Waals surface area contributed by atoms with Crippen LogP contribution >= 0.6 is 0 Å². The highest BCUT2D eigenvalue weighted by Crippen LogP contribution is 2.59. The summed E-state index contributed by atoms with van der Waals surface area (Å²) in [4.78, 5) is 22.9. The Labute approximate surface area is 286 Å². The molecule has 3 aromatic carbocycles. The maximum Gasteiger partial charge on any atom is 0.317 e. The van der Waals surface area contributed by atoms with Crippen LogP contribution in [-0.4, -0.2) is 89.0 Å². The summed E-state index contributed by atoms with van der Waals surface area (Å²) in [5.74, 6) is 5.49. The fourth-order valence-electron chi connectivity index (χ4n) is 7.37. The van der Waals surface area contributed by atoms with Crippen molar-refractivity contribution in [3.05, 3.63) is 76.3 Å². The number of aliphatic hydroxyl groups is 3. The fraction of sp³-hybridized carbons (Fsp3) is 0.405. The van der Waals surface area contributed by atoms with Crippen LogP contribution in [0.15, 0.2) is 48.5 Å². The monoisotopic (exact) mass is 686 g/mol. The number of carbonyl (C=O) groups excluding carboxylic acids is 1. The first kappa shape index (κ1) is 32.2. The molecule has 9 aliphatic rings. The fourth-order valence-corrected chi connectivity index (χ4v) is 7.37. The van der Waals surface area contributed by atoms with Gasteiger partial charge in [-0.25, -0.2) is 0 Å². The first-order chi connectivity index (χ1) is 24.1. The summed E-state index contributed by atoms with van der Waals surface area (Å²) in [6.07, 6.45) is -7.35. The molecule has 0 radical (unpaired) electrons. The summed E-state index contributed by atoms with van der Waals surface area (Å²) in [6.45, 7) is -0.156. The SMILES string of the molecule is COc1c2ccc3c1O[C@@H]1c4cc5c(cc4O[C@@H](Cc4ccc(cc4)CCO2)[C@@H]31)O[C@@H]1O[C@H](COC(=O)CC(=O)O)[C@](O)(CC#C5)[C@H](O)[C@H]1O. The van der Waals surface area contributed by atoms with Crippen LogP contribution in [0.3, 0.4) is 0 Å². The van der Waals surface area contributed by atoms with Crippen LogP contribution in [0.2, 0.25) is 0 Å². The first-order valence-corrected chi connectivity index (χ1v) is 16.3. The number of hydrogen-bond acceptors (Lipinski definition) is 12. The van der Waals surface area contributed by atoms with Crippen LogP contribution in [0.5, 0.6) is 28.7 Å². The molecule has 12 rings (SSSR count). The van der Waals surface area contributed by atoms with Gasteiger partial charge in [-0.05, 0) is 23.3 Å². The Morgan fingerprint density at radius 3 is 2.56 bits per heavy atom. The molecule has 0 saturated carbocycles. The standard InChI is InChI=1S/C37H34O13/c1-44-34-23-9-8-21-30-26(13-19-6-4-18(5-7-19)10-12-45-23)47-25-15-24-20(14-22(25)32(30)50-33(21)34)3-2-11-37(43)27(17-46-29(40)16-28(38)39)49-36(48-24)31(41)35(37)42/h4-9,14-15,26-27,30-32,35-36,41-43H,10-13,16-17H2,1H3,(H,38,39)/t26-,27+,30+,31+,32+,35+,36+,37+/m0/s1. The largest absolute Gasteiger partial charge is 0.490 e. The third kappa shape index (κ3) is 5.45. The second kappa shape index (κ2) is 12.4. The van der Waals surface area contributed by atoms with Crippen molar-refractivity contribution in [3.8, 4) is 40.6 Å². The topological polar surface area (TPSA) is 180 Å². The third-order valence-corrected chi connectivity index (χ3v) is 9.95. The molecule has 4 N–H and O–H groups in total. The van der Waals surface area contributed by atoms with Gasteiger partial charge in [-0.3, -0.25) is 9.59 Å². The number of benzene rings is 3. The molecule has 50 heavy (non-hydrogen) atoms. The van der Waals surface area contributed by atoms with E-state index in [-0.39, 0.29) is 24.2 Å². The highest BCUT2D eigenvalue weighted by molar-refractivity contribution is 5.90. The number of esters is 1. The van der Waals surface area contributed by atoms with Crippen molar-refractivity contribution in [2.75, 3.05) is 20.3 Å². The van der Waals surface area contributed by atoms with Crippen molar-refractivity contribution in [3.63, 3.8) is 0 Å². The molecule has 8 atom stereocenters. The molecule has 9 heterocycles. The average Bonchev–Trinajstić information content (AvgIpc) is 3.49. The van der Waals surface area contributed by atoms with Gasteiger partial charge in [-0.15, -0.1) is 0 Å². The van der Waals surface area contributed by atoms with Crippen molar-refractivity contribution in [2.24, 2.45) is 0 Å². The molecule has 0 spiro atoms. The zero-order valence-corrected chi connectivity index (χ0v) is 26.9. The van der Waals surface area contributed by atoms with E-state index in [1.807, 2.05) is 12.1 Å². The van der Waals surface area contributed by atoms with E-state index >= 15 is 0 Å². The lowest BCUT2D eigenvalue weighted by molar-refractivity contribution is -0.312. The molecule has 0 aromatic heterocycles. The van der Waals surface area contributed by atoms with Gasteiger partial charge in [0.1, 0.15) is 60.6 Å². The van der Waals surface area contributed by atoms with Crippen LogP contribution in [0.1, 0.15) is 52.7 Å². The Balaban J connectivity index is 1.18. The van der Waals surface area contributed by atoms with Gasteiger partial charge >= 0.3 is 11.9 Å². The number of methoxy groups -OCH3 is 1. The lowest BCUT2D eigenvalue weighted by Gasteiger charge is -2.47. The van der Waals surface area contributed by atoms with E-state index in [4.69, 9.17) is 38.3 Å². The van der Waals surface area contributed by atoms with Gasteiger partial charge in [0.15, 0.2) is 11.5 Å². The molecule has 8 bridgehead atoms. The quantitative estimate of drug-likeness (QED) is 0.175. The third-order valence-electron chi connectivity index (χ3n) is 9.95. The predicted octanol–water partition coefficient (Wildman–Crippen LogP) is 2.18. The van der Waals surface area contributed by atoms with Crippen LogP contribution in [-0.2, 0) is 31.9 Å². The number of carboxylic acids is 1. The molecule has 1 fully saturated rings. The zero-order chi connectivity index (χ0) is 34.7. The molecule has 0 aliphatic carbocycles. The molecule has 1 saturated heterocycles.